The van der Waals surface area contributed by atoms with Gasteiger partial charge in [0.05, 0.1) is 12.5 Å². The molecule has 6 nitrogen and oxygen atoms in total. The molecular formula is C14H24N2O4. The first-order chi connectivity index (χ1) is 9.56. The van der Waals surface area contributed by atoms with Gasteiger partial charge in [-0.15, -0.1) is 0 Å². The molecule has 1 aliphatic heterocycles. The van der Waals surface area contributed by atoms with Gasteiger partial charge in [-0.2, -0.15) is 0 Å². The highest BCUT2D eigenvalue weighted by atomic mass is 16.5. The van der Waals surface area contributed by atoms with E-state index < -0.39 is 5.97 Å². The van der Waals surface area contributed by atoms with Crippen molar-refractivity contribution in [3.05, 3.63) is 0 Å². The first kappa shape index (κ1) is 15.1. The number of rotatable bonds is 6. The van der Waals surface area contributed by atoms with Crippen LogP contribution in [0, 0.1) is 5.92 Å². The lowest BCUT2D eigenvalue weighted by atomic mass is 10.1. The molecule has 2 rings (SSSR count). The van der Waals surface area contributed by atoms with Gasteiger partial charge < -0.3 is 20.1 Å². The fourth-order valence-electron chi connectivity index (χ4n) is 2.63. The van der Waals surface area contributed by atoms with E-state index in [0.29, 0.717) is 12.5 Å². The molecule has 1 aliphatic carbocycles. The zero-order chi connectivity index (χ0) is 14.5. The van der Waals surface area contributed by atoms with Gasteiger partial charge in [-0.3, -0.25) is 4.79 Å². The van der Waals surface area contributed by atoms with E-state index in [0.717, 1.165) is 38.7 Å². The summed E-state index contributed by atoms with van der Waals surface area (Å²) in [5, 5.41) is 11.7. The average Bonchev–Trinajstić information content (AvgIpc) is 3.22. The summed E-state index contributed by atoms with van der Waals surface area (Å²) in [5.41, 5.74) is 0. The van der Waals surface area contributed by atoms with Crippen molar-refractivity contribution in [3.63, 3.8) is 0 Å². The molecule has 114 valence electrons. The van der Waals surface area contributed by atoms with Crippen LogP contribution in [-0.4, -0.2) is 54.4 Å². The molecule has 0 aromatic carbocycles. The molecule has 6 heteroatoms. The molecule has 0 aromatic rings. The third-order valence-electron chi connectivity index (χ3n) is 3.99. The second-order valence-corrected chi connectivity index (χ2v) is 5.86. The number of likely N-dealkylation sites (N-methyl/N-ethyl adjacent to an activating group) is 1. The van der Waals surface area contributed by atoms with Crippen LogP contribution >= 0.6 is 0 Å². The highest BCUT2D eigenvalue weighted by Crippen LogP contribution is 2.34. The van der Waals surface area contributed by atoms with Crippen LogP contribution in [0.4, 0.5) is 4.79 Å². The Bertz CT molecular complexity index is 351. The van der Waals surface area contributed by atoms with Crippen molar-refractivity contribution in [1.82, 2.24) is 10.2 Å². The van der Waals surface area contributed by atoms with Crippen molar-refractivity contribution in [2.75, 3.05) is 20.2 Å². The molecule has 2 N–H and O–H groups in total. The molecule has 0 spiro atoms. The summed E-state index contributed by atoms with van der Waals surface area (Å²) in [7, 11) is 1.73. The van der Waals surface area contributed by atoms with Gasteiger partial charge in [0.2, 0.25) is 0 Å². The Hall–Kier alpha value is -1.30. The summed E-state index contributed by atoms with van der Waals surface area (Å²) in [6.07, 6.45) is 5.35. The summed E-state index contributed by atoms with van der Waals surface area (Å²) >= 11 is 0. The van der Waals surface area contributed by atoms with Crippen molar-refractivity contribution in [1.29, 1.82) is 0 Å². The number of nitrogens with one attached hydrogen (secondary N) is 1. The first-order valence-corrected chi connectivity index (χ1v) is 7.41. The fourth-order valence-corrected chi connectivity index (χ4v) is 2.63. The van der Waals surface area contributed by atoms with E-state index in [4.69, 9.17) is 9.84 Å². The second-order valence-electron chi connectivity index (χ2n) is 5.86. The van der Waals surface area contributed by atoms with Gasteiger partial charge >= 0.3 is 12.0 Å². The lowest BCUT2D eigenvalue weighted by molar-refractivity contribution is -0.137. The predicted molar refractivity (Wildman–Crippen MR) is 73.5 cm³/mol. The van der Waals surface area contributed by atoms with Crippen LogP contribution in [-0.2, 0) is 9.53 Å². The van der Waals surface area contributed by atoms with Crippen LogP contribution in [0.15, 0.2) is 0 Å². The van der Waals surface area contributed by atoms with Gasteiger partial charge in [0, 0.05) is 26.2 Å². The SMILES string of the molecule is CN(CC1CCCCO1)C(=O)NC(CC(=O)O)C1CC1. The van der Waals surface area contributed by atoms with Crippen LogP contribution in [0.1, 0.15) is 38.5 Å². The van der Waals surface area contributed by atoms with Gasteiger partial charge in [-0.25, -0.2) is 4.79 Å². The minimum atomic E-state index is -0.861. The largest absolute Gasteiger partial charge is 0.481 e. The minimum absolute atomic E-state index is 0.00414. The summed E-state index contributed by atoms with van der Waals surface area (Å²) in [4.78, 5) is 24.5. The molecule has 2 amide bonds. The normalized spacial score (nSPS) is 23.9. The minimum Gasteiger partial charge on any atom is -0.481 e. The number of aliphatic carboxylic acids is 1. The van der Waals surface area contributed by atoms with Crippen molar-refractivity contribution in [2.45, 2.75) is 50.7 Å². The molecule has 1 heterocycles. The number of urea groups is 1. The van der Waals surface area contributed by atoms with Gasteiger partial charge in [0.25, 0.3) is 0 Å². The smallest absolute Gasteiger partial charge is 0.317 e. The Morgan fingerprint density at radius 1 is 1.35 bits per heavy atom. The van der Waals surface area contributed by atoms with Crippen molar-refractivity contribution < 1.29 is 19.4 Å². The molecule has 0 bridgehead atoms. The van der Waals surface area contributed by atoms with Crippen LogP contribution in [0.5, 0.6) is 0 Å². The topological polar surface area (TPSA) is 78.9 Å². The van der Waals surface area contributed by atoms with Gasteiger partial charge in [0.1, 0.15) is 0 Å². The third kappa shape index (κ3) is 4.67. The molecule has 20 heavy (non-hydrogen) atoms. The fraction of sp³-hybridized carbons (Fsp3) is 0.857. The van der Waals surface area contributed by atoms with Crippen LogP contribution in [0.25, 0.3) is 0 Å². The highest BCUT2D eigenvalue weighted by Gasteiger charge is 2.34. The molecule has 2 unspecified atom stereocenters. The van der Waals surface area contributed by atoms with Crippen LogP contribution in [0.2, 0.25) is 0 Å². The van der Waals surface area contributed by atoms with Gasteiger partial charge in [0.15, 0.2) is 0 Å². The average molecular weight is 284 g/mol. The number of carbonyl (C=O) groups excluding carboxylic acids is 1. The lowest BCUT2D eigenvalue weighted by Crippen LogP contribution is -2.47. The molecule has 2 atom stereocenters. The lowest BCUT2D eigenvalue weighted by Gasteiger charge is -2.28. The molecule has 0 radical (unpaired) electrons. The molecule has 0 aromatic heterocycles. The standard InChI is InChI=1S/C14H24N2O4/c1-16(9-11-4-2-3-7-20-11)14(19)15-12(8-13(17)18)10-5-6-10/h10-12H,2-9H2,1H3,(H,15,19)(H,17,18). The quantitative estimate of drug-likeness (QED) is 0.774. The predicted octanol–water partition coefficient (Wildman–Crippen LogP) is 1.45. The highest BCUT2D eigenvalue weighted by molar-refractivity contribution is 5.75. The van der Waals surface area contributed by atoms with Crippen LogP contribution in [0.3, 0.4) is 0 Å². The van der Waals surface area contributed by atoms with Crippen molar-refractivity contribution >= 4 is 12.0 Å². The van der Waals surface area contributed by atoms with Crippen molar-refractivity contribution in [3.8, 4) is 0 Å². The number of ether oxygens (including phenoxy) is 1. The molecule has 1 saturated heterocycles. The molecule has 1 saturated carbocycles. The van der Waals surface area contributed by atoms with E-state index in [9.17, 15) is 9.59 Å². The number of carbonyl (C=O) groups is 2. The Kier molecular flexibility index (Phi) is 5.23. The zero-order valence-corrected chi connectivity index (χ0v) is 12.0. The van der Waals surface area contributed by atoms with E-state index in [1.165, 1.54) is 0 Å². The molecular weight excluding hydrogens is 260 g/mol. The number of carboxylic acid groups (broad SMARTS) is 1. The van der Waals surface area contributed by atoms with Gasteiger partial charge in [-0.05, 0) is 38.0 Å². The number of amides is 2. The number of nitrogens with zero attached hydrogens (tertiary/aromatic N) is 1. The summed E-state index contributed by atoms with van der Waals surface area (Å²) in [6, 6.07) is -0.438. The zero-order valence-electron chi connectivity index (χ0n) is 12.0. The molecule has 2 aliphatic rings. The van der Waals surface area contributed by atoms with Gasteiger partial charge in [-0.1, -0.05) is 0 Å². The number of hydrogen-bond acceptors (Lipinski definition) is 3. The maximum atomic E-state index is 12.1. The van der Waals surface area contributed by atoms with E-state index in [2.05, 4.69) is 5.32 Å². The summed E-state index contributed by atoms with van der Waals surface area (Å²) < 4.78 is 5.61. The number of carboxylic acids is 1. The Morgan fingerprint density at radius 3 is 2.65 bits per heavy atom. The summed E-state index contributed by atoms with van der Waals surface area (Å²) in [6.45, 7) is 1.33. The third-order valence-corrected chi connectivity index (χ3v) is 3.99. The Labute approximate surface area is 119 Å². The van der Waals surface area contributed by atoms with E-state index >= 15 is 0 Å². The Morgan fingerprint density at radius 2 is 2.10 bits per heavy atom. The monoisotopic (exact) mass is 284 g/mol. The van der Waals surface area contributed by atoms with E-state index in [1.807, 2.05) is 0 Å². The van der Waals surface area contributed by atoms with E-state index in [-0.39, 0.29) is 24.6 Å². The van der Waals surface area contributed by atoms with Crippen LogP contribution < -0.4 is 5.32 Å². The number of hydrogen-bond donors (Lipinski definition) is 2. The Balaban J connectivity index is 1.77. The maximum Gasteiger partial charge on any atom is 0.317 e. The molecule has 2 fully saturated rings. The first-order valence-electron chi connectivity index (χ1n) is 7.41. The van der Waals surface area contributed by atoms with E-state index in [1.54, 1.807) is 11.9 Å². The summed E-state index contributed by atoms with van der Waals surface area (Å²) in [5.74, 6) is -0.533. The second kappa shape index (κ2) is 6.92. The maximum absolute atomic E-state index is 12.1. The van der Waals surface area contributed by atoms with Crippen molar-refractivity contribution in [2.24, 2.45) is 5.92 Å².